The summed E-state index contributed by atoms with van der Waals surface area (Å²) < 4.78 is 0. The van der Waals surface area contributed by atoms with Crippen LogP contribution in [0, 0.1) is 11.3 Å². The number of anilines is 1. The molecule has 0 saturated heterocycles. The van der Waals surface area contributed by atoms with Gasteiger partial charge in [-0.3, -0.25) is 0 Å². The summed E-state index contributed by atoms with van der Waals surface area (Å²) in [6.45, 7) is 8.20. The number of hydrogen-bond acceptors (Lipinski definition) is 1. The van der Waals surface area contributed by atoms with Crippen LogP contribution in [0.25, 0.3) is 0 Å². The first-order chi connectivity index (χ1) is 7.12. The zero-order valence-corrected chi connectivity index (χ0v) is 10.0. The zero-order chi connectivity index (χ0) is 10.9. The fourth-order valence-electron chi connectivity index (χ4n) is 2.35. The summed E-state index contributed by atoms with van der Waals surface area (Å²) in [5.74, 6) is 0.741. The average molecular weight is 203 g/mol. The highest BCUT2D eigenvalue weighted by Crippen LogP contribution is 2.38. The van der Waals surface area contributed by atoms with Gasteiger partial charge in [0.15, 0.2) is 0 Å². The van der Waals surface area contributed by atoms with Crippen molar-refractivity contribution in [2.45, 2.75) is 33.6 Å². The summed E-state index contributed by atoms with van der Waals surface area (Å²) in [6, 6.07) is 8.71. The van der Waals surface area contributed by atoms with Gasteiger partial charge in [0.25, 0.3) is 0 Å². The van der Waals surface area contributed by atoms with Crippen molar-refractivity contribution in [2.75, 3.05) is 11.9 Å². The molecule has 0 fully saturated rings. The lowest BCUT2D eigenvalue weighted by Gasteiger charge is -2.32. The first-order valence-electron chi connectivity index (χ1n) is 5.93. The normalized spacial score (nSPS) is 25.6. The van der Waals surface area contributed by atoms with Crippen molar-refractivity contribution in [2.24, 2.45) is 11.3 Å². The molecule has 2 rings (SSSR count). The molecular formula is C14H21N. The summed E-state index contributed by atoms with van der Waals surface area (Å²) in [5, 5.41) is 3.54. The van der Waals surface area contributed by atoms with Crippen LogP contribution in [0.1, 0.15) is 32.8 Å². The van der Waals surface area contributed by atoms with E-state index in [1.54, 1.807) is 0 Å². The second kappa shape index (κ2) is 3.88. The number of rotatable bonds is 1. The average Bonchev–Trinajstić information content (AvgIpc) is 2.36. The van der Waals surface area contributed by atoms with Crippen LogP contribution < -0.4 is 5.32 Å². The molecule has 1 aromatic rings. The highest BCUT2D eigenvalue weighted by molar-refractivity contribution is 5.52. The number of fused-ring (bicyclic) bond motifs is 1. The van der Waals surface area contributed by atoms with E-state index in [2.05, 4.69) is 50.4 Å². The van der Waals surface area contributed by atoms with E-state index in [0.717, 1.165) is 12.5 Å². The summed E-state index contributed by atoms with van der Waals surface area (Å²) >= 11 is 0. The largest absolute Gasteiger partial charge is 0.385 e. The maximum atomic E-state index is 3.54. The molecule has 1 heterocycles. The Hall–Kier alpha value is -0.980. The molecule has 1 aliphatic heterocycles. The van der Waals surface area contributed by atoms with Crippen LogP contribution in [-0.2, 0) is 6.42 Å². The topological polar surface area (TPSA) is 12.0 Å². The van der Waals surface area contributed by atoms with Crippen LogP contribution in [0.2, 0.25) is 0 Å². The van der Waals surface area contributed by atoms with Crippen LogP contribution in [0.4, 0.5) is 5.69 Å². The fraction of sp³-hybridized carbons (Fsp3) is 0.571. The van der Waals surface area contributed by atoms with E-state index in [4.69, 9.17) is 0 Å². The molecule has 1 atom stereocenters. The first kappa shape index (κ1) is 10.5. The molecule has 0 unspecified atom stereocenters. The fourth-order valence-corrected chi connectivity index (χ4v) is 2.35. The van der Waals surface area contributed by atoms with E-state index >= 15 is 0 Å². The molecular weight excluding hydrogens is 182 g/mol. The van der Waals surface area contributed by atoms with Crippen molar-refractivity contribution in [1.82, 2.24) is 0 Å². The van der Waals surface area contributed by atoms with E-state index in [0.29, 0.717) is 5.41 Å². The van der Waals surface area contributed by atoms with Gasteiger partial charge in [-0.05, 0) is 35.8 Å². The minimum absolute atomic E-state index is 0.444. The molecule has 1 nitrogen and oxygen atoms in total. The Morgan fingerprint density at radius 1 is 1.27 bits per heavy atom. The maximum Gasteiger partial charge on any atom is 0.0372 e. The molecule has 0 spiro atoms. The Labute approximate surface area is 92.9 Å². The van der Waals surface area contributed by atoms with Gasteiger partial charge in [0.2, 0.25) is 0 Å². The van der Waals surface area contributed by atoms with Crippen molar-refractivity contribution in [1.29, 1.82) is 0 Å². The van der Waals surface area contributed by atoms with Gasteiger partial charge in [0, 0.05) is 12.2 Å². The Kier molecular flexibility index (Phi) is 2.72. The van der Waals surface area contributed by atoms with Crippen LogP contribution >= 0.6 is 0 Å². The lowest BCUT2D eigenvalue weighted by atomic mass is 9.72. The van der Waals surface area contributed by atoms with Gasteiger partial charge < -0.3 is 5.32 Å². The summed E-state index contributed by atoms with van der Waals surface area (Å²) in [5.41, 5.74) is 3.26. The van der Waals surface area contributed by atoms with Gasteiger partial charge in [0.1, 0.15) is 0 Å². The third-order valence-corrected chi connectivity index (χ3v) is 4.02. The lowest BCUT2D eigenvalue weighted by Crippen LogP contribution is -2.26. The number of benzene rings is 1. The zero-order valence-electron chi connectivity index (χ0n) is 10.0. The quantitative estimate of drug-likeness (QED) is 0.733. The third kappa shape index (κ3) is 2.01. The van der Waals surface area contributed by atoms with Gasteiger partial charge in [0.05, 0.1) is 0 Å². The Bertz CT molecular complexity index is 343. The molecule has 1 aliphatic rings. The molecule has 0 aliphatic carbocycles. The third-order valence-electron chi connectivity index (χ3n) is 4.02. The van der Waals surface area contributed by atoms with Crippen LogP contribution in [0.15, 0.2) is 24.3 Å². The Morgan fingerprint density at radius 2 is 2.00 bits per heavy atom. The molecule has 0 bridgehead atoms. The molecule has 15 heavy (non-hydrogen) atoms. The Balaban J connectivity index is 2.32. The standard InChI is InChI=1S/C14H21N/c1-11(2)14(3)8-9-15-13-7-5-4-6-12(13)10-14/h4-7,11,15H,8-10H2,1-3H3/t14-/m1/s1. The second-order valence-electron chi connectivity index (χ2n) is 5.32. The minimum Gasteiger partial charge on any atom is -0.385 e. The number of nitrogens with one attached hydrogen (secondary N) is 1. The molecule has 0 radical (unpaired) electrons. The Morgan fingerprint density at radius 3 is 2.73 bits per heavy atom. The van der Waals surface area contributed by atoms with Gasteiger partial charge in [-0.1, -0.05) is 39.0 Å². The minimum atomic E-state index is 0.444. The molecule has 1 aromatic carbocycles. The molecule has 1 heteroatoms. The van der Waals surface area contributed by atoms with Crippen molar-refractivity contribution in [3.8, 4) is 0 Å². The van der Waals surface area contributed by atoms with Crippen molar-refractivity contribution in [3.63, 3.8) is 0 Å². The molecule has 82 valence electrons. The monoisotopic (exact) mass is 203 g/mol. The number of hydrogen-bond donors (Lipinski definition) is 1. The number of para-hydroxylation sites is 1. The van der Waals surface area contributed by atoms with Crippen LogP contribution in [0.5, 0.6) is 0 Å². The van der Waals surface area contributed by atoms with E-state index < -0.39 is 0 Å². The van der Waals surface area contributed by atoms with E-state index in [1.807, 2.05) is 0 Å². The second-order valence-corrected chi connectivity index (χ2v) is 5.32. The van der Waals surface area contributed by atoms with Crippen molar-refractivity contribution in [3.05, 3.63) is 29.8 Å². The molecule has 0 saturated carbocycles. The SMILES string of the molecule is CC(C)[C@]1(C)CCNc2ccccc2C1. The molecule has 1 N–H and O–H groups in total. The highest BCUT2D eigenvalue weighted by Gasteiger charge is 2.30. The van der Waals surface area contributed by atoms with E-state index in [-0.39, 0.29) is 0 Å². The highest BCUT2D eigenvalue weighted by atomic mass is 14.9. The summed E-state index contributed by atoms with van der Waals surface area (Å²) in [6.07, 6.45) is 2.47. The van der Waals surface area contributed by atoms with Gasteiger partial charge in [-0.25, -0.2) is 0 Å². The van der Waals surface area contributed by atoms with Gasteiger partial charge in [-0.15, -0.1) is 0 Å². The maximum absolute atomic E-state index is 3.54. The van der Waals surface area contributed by atoms with Gasteiger partial charge in [-0.2, -0.15) is 0 Å². The lowest BCUT2D eigenvalue weighted by molar-refractivity contribution is 0.207. The van der Waals surface area contributed by atoms with Crippen molar-refractivity contribution < 1.29 is 0 Å². The first-order valence-corrected chi connectivity index (χ1v) is 5.93. The smallest absolute Gasteiger partial charge is 0.0372 e. The van der Waals surface area contributed by atoms with Crippen molar-refractivity contribution >= 4 is 5.69 Å². The predicted molar refractivity (Wildman–Crippen MR) is 66.2 cm³/mol. The molecule has 0 amide bonds. The summed E-state index contributed by atoms with van der Waals surface area (Å²) in [7, 11) is 0. The molecule has 0 aromatic heterocycles. The van der Waals surface area contributed by atoms with Crippen LogP contribution in [0.3, 0.4) is 0 Å². The van der Waals surface area contributed by atoms with E-state index in [9.17, 15) is 0 Å². The van der Waals surface area contributed by atoms with E-state index in [1.165, 1.54) is 24.1 Å². The predicted octanol–water partition coefficient (Wildman–Crippen LogP) is 3.71. The summed E-state index contributed by atoms with van der Waals surface area (Å²) in [4.78, 5) is 0. The van der Waals surface area contributed by atoms with Gasteiger partial charge >= 0.3 is 0 Å². The van der Waals surface area contributed by atoms with Crippen LogP contribution in [-0.4, -0.2) is 6.54 Å².